The molecule has 0 aliphatic heterocycles. The van der Waals surface area contributed by atoms with Crippen LogP contribution in [0.2, 0.25) is 0 Å². The summed E-state index contributed by atoms with van der Waals surface area (Å²) >= 11 is 3.57. The summed E-state index contributed by atoms with van der Waals surface area (Å²) in [6.07, 6.45) is 2.86. The van der Waals surface area contributed by atoms with E-state index in [1.165, 1.54) is 5.56 Å². The summed E-state index contributed by atoms with van der Waals surface area (Å²) in [6, 6.07) is 8.27. The lowest BCUT2D eigenvalue weighted by molar-refractivity contribution is 0.519. The van der Waals surface area contributed by atoms with Gasteiger partial charge in [0.1, 0.15) is 0 Å². The molecule has 3 N–H and O–H groups in total. The molecule has 0 aliphatic carbocycles. The van der Waals surface area contributed by atoms with Crippen LogP contribution in [-0.4, -0.2) is 9.78 Å². The van der Waals surface area contributed by atoms with E-state index in [0.717, 1.165) is 28.7 Å². The fraction of sp³-hybridized carbons (Fsp3) is 0.357. The number of aryl methyl sites for hydroxylation is 2. The largest absolute Gasteiger partial charge is 0.271 e. The summed E-state index contributed by atoms with van der Waals surface area (Å²) in [5, 5.41) is 4.40. The normalized spacial score (nSPS) is 12.6. The number of benzene rings is 1. The Morgan fingerprint density at radius 2 is 2.26 bits per heavy atom. The average Bonchev–Trinajstić information content (AvgIpc) is 2.74. The van der Waals surface area contributed by atoms with E-state index in [0.29, 0.717) is 0 Å². The third-order valence-corrected chi connectivity index (χ3v) is 3.70. The van der Waals surface area contributed by atoms with Crippen LogP contribution in [0.5, 0.6) is 0 Å². The number of halogens is 1. The van der Waals surface area contributed by atoms with Crippen molar-refractivity contribution in [1.29, 1.82) is 0 Å². The number of nitrogens with two attached hydrogens (primary N) is 1. The first-order chi connectivity index (χ1) is 9.17. The molecule has 0 saturated heterocycles. The monoisotopic (exact) mass is 322 g/mol. The van der Waals surface area contributed by atoms with Crippen LogP contribution in [0.3, 0.4) is 0 Å². The van der Waals surface area contributed by atoms with Gasteiger partial charge >= 0.3 is 0 Å². The highest BCUT2D eigenvalue weighted by Gasteiger charge is 2.20. The minimum atomic E-state index is -0.0664. The zero-order chi connectivity index (χ0) is 13.8. The molecule has 1 aromatic carbocycles. The first-order valence-corrected chi connectivity index (χ1v) is 7.20. The Morgan fingerprint density at radius 1 is 1.47 bits per heavy atom. The van der Waals surface area contributed by atoms with Gasteiger partial charge in [0.25, 0.3) is 0 Å². The summed E-state index contributed by atoms with van der Waals surface area (Å²) < 4.78 is 2.97. The molecular formula is C14H19BrN4. The molecule has 1 aromatic heterocycles. The van der Waals surface area contributed by atoms with E-state index in [2.05, 4.69) is 58.5 Å². The van der Waals surface area contributed by atoms with Crippen LogP contribution in [0.25, 0.3) is 0 Å². The van der Waals surface area contributed by atoms with Gasteiger partial charge in [0.05, 0.1) is 22.4 Å². The zero-order valence-electron chi connectivity index (χ0n) is 11.2. The predicted molar refractivity (Wildman–Crippen MR) is 80.6 cm³/mol. The zero-order valence-corrected chi connectivity index (χ0v) is 12.8. The maximum absolute atomic E-state index is 5.77. The molecule has 0 spiro atoms. The average molecular weight is 323 g/mol. The molecule has 5 heteroatoms. The van der Waals surface area contributed by atoms with E-state index in [9.17, 15) is 0 Å². The molecule has 0 amide bonds. The lowest BCUT2D eigenvalue weighted by Gasteiger charge is -2.19. The van der Waals surface area contributed by atoms with E-state index in [1.54, 1.807) is 0 Å². The van der Waals surface area contributed by atoms with Gasteiger partial charge in [0, 0.05) is 6.54 Å². The molecule has 0 saturated carbocycles. The Kier molecular flexibility index (Phi) is 4.74. The molecule has 0 aliphatic rings. The van der Waals surface area contributed by atoms with Crippen molar-refractivity contribution in [1.82, 2.24) is 15.2 Å². The standard InChI is InChI=1S/C14H19BrN4/c1-3-7-19-14(12(15)9-17-19)13(18-16)11-6-4-5-10(2)8-11/h4-6,8-9,13,18H,3,7,16H2,1-2H3. The van der Waals surface area contributed by atoms with Crippen molar-refractivity contribution in [3.63, 3.8) is 0 Å². The van der Waals surface area contributed by atoms with Gasteiger partial charge in [0.2, 0.25) is 0 Å². The molecule has 0 bridgehead atoms. The van der Waals surface area contributed by atoms with Crippen LogP contribution in [0, 0.1) is 6.92 Å². The van der Waals surface area contributed by atoms with E-state index in [1.807, 2.05) is 16.9 Å². The van der Waals surface area contributed by atoms with Crippen molar-refractivity contribution in [2.75, 3.05) is 0 Å². The van der Waals surface area contributed by atoms with Crippen LogP contribution in [0.15, 0.2) is 34.9 Å². The van der Waals surface area contributed by atoms with E-state index < -0.39 is 0 Å². The van der Waals surface area contributed by atoms with Crippen molar-refractivity contribution in [2.45, 2.75) is 32.9 Å². The predicted octanol–water partition coefficient (Wildman–Crippen LogP) is 2.92. The van der Waals surface area contributed by atoms with E-state index in [-0.39, 0.29) is 6.04 Å². The number of hydrazine groups is 1. The van der Waals surface area contributed by atoms with Crippen LogP contribution in [0.4, 0.5) is 0 Å². The molecule has 0 fully saturated rings. The Balaban J connectivity index is 2.44. The third kappa shape index (κ3) is 3.05. The topological polar surface area (TPSA) is 55.9 Å². The van der Waals surface area contributed by atoms with Gasteiger partial charge in [-0.15, -0.1) is 0 Å². The Labute approximate surface area is 122 Å². The quantitative estimate of drug-likeness (QED) is 0.657. The van der Waals surface area contributed by atoms with Crippen LogP contribution < -0.4 is 11.3 Å². The van der Waals surface area contributed by atoms with E-state index >= 15 is 0 Å². The molecule has 2 aromatic rings. The third-order valence-electron chi connectivity index (χ3n) is 3.08. The molecule has 1 unspecified atom stereocenters. The Hall–Kier alpha value is -1.17. The molecule has 2 rings (SSSR count). The SMILES string of the molecule is CCCn1ncc(Br)c1C(NN)c1cccc(C)c1. The fourth-order valence-electron chi connectivity index (χ4n) is 2.23. The lowest BCUT2D eigenvalue weighted by atomic mass is 10.0. The van der Waals surface area contributed by atoms with Crippen LogP contribution in [0.1, 0.15) is 36.2 Å². The smallest absolute Gasteiger partial charge is 0.0889 e. The first-order valence-electron chi connectivity index (χ1n) is 6.41. The highest BCUT2D eigenvalue weighted by molar-refractivity contribution is 9.10. The van der Waals surface area contributed by atoms with Crippen molar-refractivity contribution in [3.05, 3.63) is 51.8 Å². The number of hydrogen-bond acceptors (Lipinski definition) is 3. The second kappa shape index (κ2) is 6.32. The summed E-state index contributed by atoms with van der Waals surface area (Å²) in [5.41, 5.74) is 6.32. The van der Waals surface area contributed by atoms with Gasteiger partial charge < -0.3 is 0 Å². The van der Waals surface area contributed by atoms with Gasteiger partial charge in [-0.2, -0.15) is 5.10 Å². The number of rotatable bonds is 5. The molecule has 0 radical (unpaired) electrons. The minimum Gasteiger partial charge on any atom is -0.271 e. The summed E-state index contributed by atoms with van der Waals surface area (Å²) in [4.78, 5) is 0. The van der Waals surface area contributed by atoms with E-state index in [4.69, 9.17) is 5.84 Å². The van der Waals surface area contributed by atoms with Gasteiger partial charge in [-0.25, -0.2) is 5.43 Å². The van der Waals surface area contributed by atoms with Gasteiger partial charge in [-0.1, -0.05) is 36.8 Å². The van der Waals surface area contributed by atoms with Crippen molar-refractivity contribution >= 4 is 15.9 Å². The second-order valence-electron chi connectivity index (χ2n) is 4.61. The number of nitrogens with one attached hydrogen (secondary N) is 1. The molecule has 1 atom stereocenters. The highest BCUT2D eigenvalue weighted by Crippen LogP contribution is 2.28. The minimum absolute atomic E-state index is 0.0664. The van der Waals surface area contributed by atoms with Gasteiger partial charge in [0.15, 0.2) is 0 Å². The molecule has 1 heterocycles. The number of aromatic nitrogens is 2. The highest BCUT2D eigenvalue weighted by atomic mass is 79.9. The first kappa shape index (κ1) is 14.2. The van der Waals surface area contributed by atoms with Gasteiger partial charge in [-0.3, -0.25) is 10.5 Å². The molecule has 102 valence electrons. The lowest BCUT2D eigenvalue weighted by Crippen LogP contribution is -2.31. The second-order valence-corrected chi connectivity index (χ2v) is 5.47. The number of hydrogen-bond donors (Lipinski definition) is 2. The van der Waals surface area contributed by atoms with Crippen molar-refractivity contribution in [3.8, 4) is 0 Å². The number of nitrogens with zero attached hydrogens (tertiary/aromatic N) is 2. The van der Waals surface area contributed by atoms with Gasteiger partial charge in [-0.05, 0) is 34.8 Å². The fourth-order valence-corrected chi connectivity index (χ4v) is 2.76. The summed E-state index contributed by atoms with van der Waals surface area (Å²) in [6.45, 7) is 5.09. The maximum atomic E-state index is 5.77. The summed E-state index contributed by atoms with van der Waals surface area (Å²) in [5.74, 6) is 5.77. The van der Waals surface area contributed by atoms with Crippen molar-refractivity contribution < 1.29 is 0 Å². The van der Waals surface area contributed by atoms with Crippen LogP contribution in [-0.2, 0) is 6.54 Å². The summed E-state index contributed by atoms with van der Waals surface area (Å²) in [7, 11) is 0. The molecule has 4 nitrogen and oxygen atoms in total. The van der Waals surface area contributed by atoms with Crippen molar-refractivity contribution in [2.24, 2.45) is 5.84 Å². The maximum Gasteiger partial charge on any atom is 0.0889 e. The Morgan fingerprint density at radius 3 is 2.89 bits per heavy atom. The molecular weight excluding hydrogens is 304 g/mol. The van der Waals surface area contributed by atoms with Crippen LogP contribution >= 0.6 is 15.9 Å². The Bertz CT molecular complexity index is 550. The molecule has 19 heavy (non-hydrogen) atoms.